The van der Waals surface area contributed by atoms with Crippen molar-refractivity contribution in [2.45, 2.75) is 25.7 Å². The molecular formula is C12H15FO. The number of benzene rings is 1. The number of halogens is 1. The largest absolute Gasteiger partial charge is 0.396 e. The zero-order chi connectivity index (χ0) is 10.3. The van der Waals surface area contributed by atoms with E-state index in [0.29, 0.717) is 11.5 Å². The van der Waals surface area contributed by atoms with Gasteiger partial charge in [0.05, 0.1) is 0 Å². The maximum Gasteiger partial charge on any atom is 0.126 e. The van der Waals surface area contributed by atoms with Crippen LogP contribution in [0.25, 0.3) is 0 Å². The Kier molecular flexibility index (Phi) is 2.11. The second-order valence-corrected chi connectivity index (χ2v) is 4.47. The first-order chi connectivity index (χ1) is 6.58. The number of aryl methyl sites for hydroxylation is 1. The molecule has 2 unspecified atom stereocenters. The van der Waals surface area contributed by atoms with Gasteiger partial charge in [-0.3, -0.25) is 0 Å². The molecule has 1 aromatic rings. The minimum absolute atomic E-state index is 0.00326. The lowest BCUT2D eigenvalue weighted by Gasteiger charge is -2.11. The van der Waals surface area contributed by atoms with Crippen LogP contribution in [0.15, 0.2) is 18.2 Å². The molecule has 1 saturated carbocycles. The Morgan fingerprint density at radius 2 is 2.29 bits per heavy atom. The van der Waals surface area contributed by atoms with Gasteiger partial charge in [0.15, 0.2) is 0 Å². The smallest absolute Gasteiger partial charge is 0.126 e. The van der Waals surface area contributed by atoms with Gasteiger partial charge >= 0.3 is 0 Å². The normalized spacial score (nSPS) is 30.4. The van der Waals surface area contributed by atoms with Gasteiger partial charge in [-0.15, -0.1) is 0 Å². The second kappa shape index (κ2) is 3.06. The van der Waals surface area contributed by atoms with Crippen molar-refractivity contribution < 1.29 is 9.50 Å². The van der Waals surface area contributed by atoms with Crippen molar-refractivity contribution >= 4 is 0 Å². The molecule has 1 aliphatic carbocycles. The monoisotopic (exact) mass is 194 g/mol. The summed E-state index contributed by atoms with van der Waals surface area (Å²) in [7, 11) is 0. The highest BCUT2D eigenvalue weighted by Gasteiger charge is 2.50. The first kappa shape index (κ1) is 9.66. The van der Waals surface area contributed by atoms with Crippen molar-refractivity contribution in [2.24, 2.45) is 5.92 Å². The summed E-state index contributed by atoms with van der Waals surface area (Å²) in [5, 5.41) is 9.03. The van der Waals surface area contributed by atoms with E-state index < -0.39 is 0 Å². The Morgan fingerprint density at radius 1 is 1.57 bits per heavy atom. The molecule has 1 aromatic carbocycles. The van der Waals surface area contributed by atoms with Crippen LogP contribution in [0.3, 0.4) is 0 Å². The topological polar surface area (TPSA) is 20.2 Å². The van der Waals surface area contributed by atoms with E-state index in [4.69, 9.17) is 5.11 Å². The minimum atomic E-state index is -0.146. The molecule has 2 atom stereocenters. The molecule has 0 amide bonds. The molecule has 0 bridgehead atoms. The molecule has 0 aromatic heterocycles. The quantitative estimate of drug-likeness (QED) is 0.766. The van der Waals surface area contributed by atoms with Gasteiger partial charge in [0, 0.05) is 6.61 Å². The standard InChI is InChI=1S/C12H15FO/c1-8-3-4-9(5-11(8)13)12(2)6-10(12)7-14/h3-5,10,14H,6-7H2,1-2H3. The van der Waals surface area contributed by atoms with Crippen LogP contribution in [-0.4, -0.2) is 11.7 Å². The zero-order valence-electron chi connectivity index (χ0n) is 8.55. The Morgan fingerprint density at radius 3 is 2.79 bits per heavy atom. The maximum absolute atomic E-state index is 13.3. The van der Waals surface area contributed by atoms with Gasteiger partial charge in [-0.2, -0.15) is 0 Å². The Hall–Kier alpha value is -0.890. The van der Waals surface area contributed by atoms with Crippen LogP contribution in [0.5, 0.6) is 0 Å². The number of hydrogen-bond donors (Lipinski definition) is 1. The summed E-state index contributed by atoms with van der Waals surface area (Å²) in [6, 6.07) is 5.38. The lowest BCUT2D eigenvalue weighted by molar-refractivity contribution is 0.265. The first-order valence-corrected chi connectivity index (χ1v) is 4.95. The van der Waals surface area contributed by atoms with Crippen molar-refractivity contribution in [3.05, 3.63) is 35.1 Å². The Labute approximate surface area is 83.6 Å². The van der Waals surface area contributed by atoms with Crippen LogP contribution in [-0.2, 0) is 5.41 Å². The van der Waals surface area contributed by atoms with Crippen molar-refractivity contribution in [3.8, 4) is 0 Å². The van der Waals surface area contributed by atoms with Crippen molar-refractivity contribution in [3.63, 3.8) is 0 Å². The molecule has 0 radical (unpaired) electrons. The molecule has 2 rings (SSSR count). The van der Waals surface area contributed by atoms with Gasteiger partial charge in [-0.1, -0.05) is 19.1 Å². The van der Waals surface area contributed by atoms with Crippen LogP contribution in [0, 0.1) is 18.7 Å². The van der Waals surface area contributed by atoms with E-state index >= 15 is 0 Å². The van der Waals surface area contributed by atoms with E-state index in [9.17, 15) is 4.39 Å². The van der Waals surface area contributed by atoms with E-state index in [-0.39, 0.29) is 17.8 Å². The summed E-state index contributed by atoms with van der Waals surface area (Å²) in [6.07, 6.45) is 0.964. The lowest BCUT2D eigenvalue weighted by Crippen LogP contribution is -2.07. The fourth-order valence-corrected chi connectivity index (χ4v) is 2.02. The number of aliphatic hydroxyl groups excluding tert-OH is 1. The third-order valence-electron chi connectivity index (χ3n) is 3.46. The van der Waals surface area contributed by atoms with Gasteiger partial charge in [0.1, 0.15) is 5.82 Å². The summed E-state index contributed by atoms with van der Waals surface area (Å²) in [6.45, 7) is 4.04. The molecule has 76 valence electrons. The molecular weight excluding hydrogens is 179 g/mol. The summed E-state index contributed by atoms with van der Waals surface area (Å²) < 4.78 is 13.3. The van der Waals surface area contributed by atoms with Crippen molar-refractivity contribution in [1.82, 2.24) is 0 Å². The molecule has 0 saturated heterocycles. The van der Waals surface area contributed by atoms with Crippen molar-refractivity contribution in [2.75, 3.05) is 6.61 Å². The predicted octanol–water partition coefficient (Wildman–Crippen LogP) is 2.40. The SMILES string of the molecule is Cc1ccc(C2(C)CC2CO)cc1F. The number of hydrogen-bond acceptors (Lipinski definition) is 1. The minimum Gasteiger partial charge on any atom is -0.396 e. The van der Waals surface area contributed by atoms with Gasteiger partial charge < -0.3 is 5.11 Å². The summed E-state index contributed by atoms with van der Waals surface area (Å²) in [4.78, 5) is 0. The predicted molar refractivity (Wildman–Crippen MR) is 53.7 cm³/mol. The third-order valence-corrected chi connectivity index (χ3v) is 3.46. The highest BCUT2D eigenvalue weighted by atomic mass is 19.1. The molecule has 1 aliphatic rings. The van der Waals surface area contributed by atoms with E-state index in [1.54, 1.807) is 13.0 Å². The maximum atomic E-state index is 13.3. The average molecular weight is 194 g/mol. The lowest BCUT2D eigenvalue weighted by atomic mass is 9.94. The number of rotatable bonds is 2. The summed E-state index contributed by atoms with van der Waals surface area (Å²) in [5.41, 5.74) is 1.70. The molecule has 1 nitrogen and oxygen atoms in total. The van der Waals surface area contributed by atoms with E-state index in [1.807, 2.05) is 12.1 Å². The molecule has 1 fully saturated rings. The van der Waals surface area contributed by atoms with Gasteiger partial charge in [0.2, 0.25) is 0 Å². The molecule has 2 heteroatoms. The van der Waals surface area contributed by atoms with Gasteiger partial charge in [0.25, 0.3) is 0 Å². The molecule has 0 spiro atoms. The summed E-state index contributed by atoms with van der Waals surface area (Å²) in [5.74, 6) is 0.164. The average Bonchev–Trinajstić information content (AvgIpc) is 2.83. The van der Waals surface area contributed by atoms with Crippen LogP contribution in [0.2, 0.25) is 0 Å². The van der Waals surface area contributed by atoms with E-state index in [0.717, 1.165) is 12.0 Å². The summed E-state index contributed by atoms with van der Waals surface area (Å²) >= 11 is 0. The van der Waals surface area contributed by atoms with E-state index in [1.165, 1.54) is 0 Å². The van der Waals surface area contributed by atoms with Crippen LogP contribution >= 0.6 is 0 Å². The zero-order valence-corrected chi connectivity index (χ0v) is 8.55. The van der Waals surface area contributed by atoms with Crippen LogP contribution in [0.1, 0.15) is 24.5 Å². The fourth-order valence-electron chi connectivity index (χ4n) is 2.02. The first-order valence-electron chi connectivity index (χ1n) is 4.95. The Bertz CT molecular complexity index is 361. The highest BCUT2D eigenvalue weighted by molar-refractivity contribution is 5.35. The molecule has 0 aliphatic heterocycles. The third kappa shape index (κ3) is 1.34. The van der Waals surface area contributed by atoms with Crippen molar-refractivity contribution in [1.29, 1.82) is 0 Å². The fraction of sp³-hybridized carbons (Fsp3) is 0.500. The molecule has 0 heterocycles. The van der Waals surface area contributed by atoms with E-state index in [2.05, 4.69) is 6.92 Å². The molecule has 14 heavy (non-hydrogen) atoms. The Balaban J connectivity index is 2.31. The second-order valence-electron chi connectivity index (χ2n) is 4.47. The van der Waals surface area contributed by atoms with Gasteiger partial charge in [-0.05, 0) is 41.9 Å². The van der Waals surface area contributed by atoms with Crippen LogP contribution in [0.4, 0.5) is 4.39 Å². The highest BCUT2D eigenvalue weighted by Crippen LogP contribution is 2.53. The van der Waals surface area contributed by atoms with Gasteiger partial charge in [-0.25, -0.2) is 4.39 Å². The molecule has 1 N–H and O–H groups in total. The number of aliphatic hydroxyl groups is 1. The van der Waals surface area contributed by atoms with Crippen LogP contribution < -0.4 is 0 Å².